The van der Waals surface area contributed by atoms with E-state index in [2.05, 4.69) is 5.32 Å². The molecular formula is C11H18N2O. The Labute approximate surface area is 85.3 Å². The molecule has 0 aliphatic heterocycles. The third-order valence-electron chi connectivity index (χ3n) is 2.16. The van der Waals surface area contributed by atoms with Crippen LogP contribution in [0, 0.1) is 0 Å². The Morgan fingerprint density at radius 1 is 1.43 bits per heavy atom. The third kappa shape index (κ3) is 3.26. The molecule has 78 valence electrons. The zero-order valence-electron chi connectivity index (χ0n) is 9.00. The number of anilines is 2. The molecule has 0 radical (unpaired) electrons. The van der Waals surface area contributed by atoms with Gasteiger partial charge in [-0.05, 0) is 32.0 Å². The van der Waals surface area contributed by atoms with Crippen LogP contribution in [0.1, 0.15) is 13.8 Å². The lowest BCUT2D eigenvalue weighted by atomic mass is 10.1. The summed E-state index contributed by atoms with van der Waals surface area (Å²) in [5, 5.41) is 3.27. The summed E-state index contributed by atoms with van der Waals surface area (Å²) in [6.07, 6.45) is 0. The van der Waals surface area contributed by atoms with Gasteiger partial charge in [0.05, 0.1) is 5.60 Å². The Bertz CT molecular complexity index is 297. The molecule has 0 aliphatic carbocycles. The number of ether oxygens (including phenoxy) is 1. The maximum absolute atomic E-state index is 5.66. The highest BCUT2D eigenvalue weighted by atomic mass is 16.5. The maximum atomic E-state index is 5.66. The summed E-state index contributed by atoms with van der Waals surface area (Å²) < 4.78 is 5.30. The van der Waals surface area contributed by atoms with E-state index in [1.165, 1.54) is 0 Å². The van der Waals surface area contributed by atoms with E-state index < -0.39 is 0 Å². The molecule has 1 aromatic carbocycles. The summed E-state index contributed by atoms with van der Waals surface area (Å²) in [6.45, 7) is 4.82. The van der Waals surface area contributed by atoms with Crippen molar-refractivity contribution < 1.29 is 4.74 Å². The predicted molar refractivity (Wildman–Crippen MR) is 60.4 cm³/mol. The van der Waals surface area contributed by atoms with E-state index in [0.717, 1.165) is 17.9 Å². The second-order valence-electron chi connectivity index (χ2n) is 3.94. The van der Waals surface area contributed by atoms with Crippen molar-refractivity contribution in [2.75, 3.05) is 24.7 Å². The van der Waals surface area contributed by atoms with Gasteiger partial charge >= 0.3 is 0 Å². The van der Waals surface area contributed by atoms with E-state index in [9.17, 15) is 0 Å². The van der Waals surface area contributed by atoms with E-state index in [1.807, 2.05) is 38.1 Å². The van der Waals surface area contributed by atoms with Crippen molar-refractivity contribution in [3.8, 4) is 0 Å². The number of nitrogen functional groups attached to an aromatic ring is 1. The van der Waals surface area contributed by atoms with Gasteiger partial charge in [-0.3, -0.25) is 0 Å². The standard InChI is InChI=1S/C11H18N2O/c1-11(2,14-3)8-13-10-6-4-5-9(12)7-10/h4-7,13H,8,12H2,1-3H3. The average molecular weight is 194 g/mol. The van der Waals surface area contributed by atoms with Crippen LogP contribution in [0.25, 0.3) is 0 Å². The van der Waals surface area contributed by atoms with Crippen molar-refractivity contribution in [3.05, 3.63) is 24.3 Å². The molecule has 0 amide bonds. The summed E-state index contributed by atoms with van der Waals surface area (Å²) >= 11 is 0. The minimum absolute atomic E-state index is 0.162. The van der Waals surface area contributed by atoms with Crippen LogP contribution in [0.3, 0.4) is 0 Å². The van der Waals surface area contributed by atoms with Crippen LogP contribution in [0.15, 0.2) is 24.3 Å². The number of nitrogens with one attached hydrogen (secondary N) is 1. The van der Waals surface area contributed by atoms with Gasteiger partial charge in [-0.25, -0.2) is 0 Å². The molecule has 0 saturated carbocycles. The van der Waals surface area contributed by atoms with Gasteiger partial charge in [-0.1, -0.05) is 6.07 Å². The SMILES string of the molecule is COC(C)(C)CNc1cccc(N)c1. The van der Waals surface area contributed by atoms with Crippen LogP contribution in [-0.2, 0) is 4.74 Å². The van der Waals surface area contributed by atoms with Crippen LogP contribution in [0.2, 0.25) is 0 Å². The van der Waals surface area contributed by atoms with E-state index in [-0.39, 0.29) is 5.60 Å². The first-order valence-electron chi connectivity index (χ1n) is 4.68. The summed E-state index contributed by atoms with van der Waals surface area (Å²) in [6, 6.07) is 7.69. The molecule has 0 saturated heterocycles. The minimum atomic E-state index is -0.162. The molecule has 0 bridgehead atoms. The van der Waals surface area contributed by atoms with Crippen molar-refractivity contribution >= 4 is 11.4 Å². The highest BCUT2D eigenvalue weighted by Crippen LogP contribution is 2.14. The first-order valence-corrected chi connectivity index (χ1v) is 4.68. The van der Waals surface area contributed by atoms with Crippen molar-refractivity contribution in [2.24, 2.45) is 0 Å². The molecular weight excluding hydrogens is 176 g/mol. The van der Waals surface area contributed by atoms with Crippen molar-refractivity contribution in [3.63, 3.8) is 0 Å². The maximum Gasteiger partial charge on any atom is 0.0794 e. The molecule has 3 N–H and O–H groups in total. The average Bonchev–Trinajstić information content (AvgIpc) is 2.15. The van der Waals surface area contributed by atoms with Crippen LogP contribution in [0.5, 0.6) is 0 Å². The Morgan fingerprint density at radius 3 is 2.71 bits per heavy atom. The first-order chi connectivity index (χ1) is 6.53. The van der Waals surface area contributed by atoms with Crippen molar-refractivity contribution in [1.82, 2.24) is 0 Å². The van der Waals surface area contributed by atoms with Crippen molar-refractivity contribution in [1.29, 1.82) is 0 Å². The molecule has 14 heavy (non-hydrogen) atoms. The highest BCUT2D eigenvalue weighted by Gasteiger charge is 2.15. The summed E-state index contributed by atoms with van der Waals surface area (Å²) in [5.74, 6) is 0. The van der Waals surface area contributed by atoms with Crippen LogP contribution in [-0.4, -0.2) is 19.3 Å². The molecule has 0 fully saturated rings. The zero-order valence-corrected chi connectivity index (χ0v) is 9.00. The first kappa shape index (κ1) is 10.9. The van der Waals surface area contributed by atoms with E-state index in [4.69, 9.17) is 10.5 Å². The Morgan fingerprint density at radius 2 is 2.14 bits per heavy atom. The van der Waals surface area contributed by atoms with Crippen molar-refractivity contribution in [2.45, 2.75) is 19.4 Å². The number of rotatable bonds is 4. The fourth-order valence-corrected chi connectivity index (χ4v) is 1.04. The molecule has 1 rings (SSSR count). The molecule has 3 nitrogen and oxygen atoms in total. The number of hydrogen-bond donors (Lipinski definition) is 2. The molecule has 0 atom stereocenters. The highest BCUT2D eigenvalue weighted by molar-refractivity contribution is 5.54. The Balaban J connectivity index is 2.54. The van der Waals surface area contributed by atoms with Crippen LogP contribution >= 0.6 is 0 Å². The molecule has 0 aliphatic rings. The van der Waals surface area contributed by atoms with Gasteiger partial charge in [-0.2, -0.15) is 0 Å². The van der Waals surface area contributed by atoms with E-state index in [1.54, 1.807) is 7.11 Å². The fourth-order valence-electron chi connectivity index (χ4n) is 1.04. The zero-order chi connectivity index (χ0) is 10.6. The lowest BCUT2D eigenvalue weighted by Gasteiger charge is -2.23. The normalized spacial score (nSPS) is 11.4. The molecule has 0 heterocycles. The second-order valence-corrected chi connectivity index (χ2v) is 3.94. The molecule has 0 unspecified atom stereocenters. The quantitative estimate of drug-likeness (QED) is 0.722. The molecule has 0 spiro atoms. The largest absolute Gasteiger partial charge is 0.399 e. The predicted octanol–water partition coefficient (Wildman–Crippen LogP) is 2.11. The van der Waals surface area contributed by atoms with Gasteiger partial charge in [0.15, 0.2) is 0 Å². The van der Waals surface area contributed by atoms with Gasteiger partial charge in [0.1, 0.15) is 0 Å². The molecule has 0 aromatic heterocycles. The van der Waals surface area contributed by atoms with E-state index >= 15 is 0 Å². The minimum Gasteiger partial charge on any atom is -0.399 e. The van der Waals surface area contributed by atoms with Crippen LogP contribution in [0.4, 0.5) is 11.4 Å². The lowest BCUT2D eigenvalue weighted by molar-refractivity contribution is 0.0344. The lowest BCUT2D eigenvalue weighted by Crippen LogP contribution is -2.32. The van der Waals surface area contributed by atoms with Gasteiger partial charge in [0, 0.05) is 25.0 Å². The van der Waals surface area contributed by atoms with Gasteiger partial charge in [0.25, 0.3) is 0 Å². The topological polar surface area (TPSA) is 47.3 Å². The summed E-state index contributed by atoms with van der Waals surface area (Å²) in [7, 11) is 1.71. The molecule has 1 aromatic rings. The van der Waals surface area contributed by atoms with Gasteiger partial charge < -0.3 is 15.8 Å². The van der Waals surface area contributed by atoms with E-state index in [0.29, 0.717) is 0 Å². The van der Waals surface area contributed by atoms with Crippen LogP contribution < -0.4 is 11.1 Å². The monoisotopic (exact) mass is 194 g/mol. The van der Waals surface area contributed by atoms with Gasteiger partial charge in [0.2, 0.25) is 0 Å². The number of hydrogen-bond acceptors (Lipinski definition) is 3. The smallest absolute Gasteiger partial charge is 0.0794 e. The number of nitrogens with two attached hydrogens (primary N) is 1. The number of methoxy groups -OCH3 is 1. The molecule has 3 heteroatoms. The van der Waals surface area contributed by atoms with Gasteiger partial charge in [-0.15, -0.1) is 0 Å². The second kappa shape index (κ2) is 4.33. The Kier molecular flexibility index (Phi) is 3.36. The Hall–Kier alpha value is -1.22. The fraction of sp³-hybridized carbons (Fsp3) is 0.455. The summed E-state index contributed by atoms with van der Waals surface area (Å²) in [5.41, 5.74) is 7.29. The third-order valence-corrected chi connectivity index (χ3v) is 2.16. The number of benzene rings is 1. The summed E-state index contributed by atoms with van der Waals surface area (Å²) in [4.78, 5) is 0.